The van der Waals surface area contributed by atoms with E-state index in [9.17, 15) is 9.18 Å². The van der Waals surface area contributed by atoms with Crippen molar-refractivity contribution in [2.24, 2.45) is 0 Å². The lowest BCUT2D eigenvalue weighted by Gasteiger charge is -2.05. The third kappa shape index (κ3) is 3.77. The number of aromatic nitrogens is 4. The van der Waals surface area contributed by atoms with Crippen molar-refractivity contribution in [2.75, 3.05) is 11.9 Å². The van der Waals surface area contributed by atoms with Crippen LogP contribution >= 0.6 is 11.3 Å². The predicted octanol–water partition coefficient (Wildman–Crippen LogP) is 3.18. The van der Waals surface area contributed by atoms with E-state index in [1.807, 2.05) is 10.6 Å². The van der Waals surface area contributed by atoms with Crippen molar-refractivity contribution in [3.8, 4) is 10.4 Å². The molecule has 0 bridgehead atoms. The minimum absolute atomic E-state index is 0.265. The molecular formula is C18H15FN6OS. The van der Waals surface area contributed by atoms with Crippen molar-refractivity contribution in [2.45, 2.75) is 6.54 Å². The van der Waals surface area contributed by atoms with Crippen molar-refractivity contribution in [1.82, 2.24) is 24.8 Å². The van der Waals surface area contributed by atoms with Crippen LogP contribution in [0.1, 0.15) is 0 Å². The topological polar surface area (TPSA) is 84.7 Å². The van der Waals surface area contributed by atoms with Gasteiger partial charge in [0, 0.05) is 25.4 Å². The van der Waals surface area contributed by atoms with Crippen molar-refractivity contribution in [1.29, 1.82) is 0 Å². The zero-order chi connectivity index (χ0) is 18.6. The van der Waals surface area contributed by atoms with Gasteiger partial charge in [-0.25, -0.2) is 19.3 Å². The first-order chi connectivity index (χ1) is 13.2. The average Bonchev–Trinajstić information content (AvgIpc) is 3.30. The number of fused-ring (bicyclic) bond motifs is 1. The number of rotatable bonds is 7. The van der Waals surface area contributed by atoms with Crippen LogP contribution in [-0.4, -0.2) is 32.5 Å². The normalized spacial score (nSPS) is 10.9. The maximum Gasteiger partial charge on any atom is 0.207 e. The molecule has 3 heterocycles. The number of nitrogens with one attached hydrogen (secondary N) is 2. The quantitative estimate of drug-likeness (QED) is 0.379. The fraction of sp³-hybridized carbons (Fsp3) is 0.111. The number of anilines is 2. The SMILES string of the molecule is O=CNCCn1cnc2cnc(Nc3ncc(-c4ccc(F)cc4)s3)cc21. The summed E-state index contributed by atoms with van der Waals surface area (Å²) in [7, 11) is 0. The lowest BCUT2D eigenvalue weighted by molar-refractivity contribution is -0.109. The van der Waals surface area contributed by atoms with Crippen molar-refractivity contribution in [3.05, 3.63) is 54.9 Å². The summed E-state index contributed by atoms with van der Waals surface area (Å²) >= 11 is 1.46. The summed E-state index contributed by atoms with van der Waals surface area (Å²) in [4.78, 5) is 24.4. The number of pyridine rings is 1. The highest BCUT2D eigenvalue weighted by molar-refractivity contribution is 7.18. The molecule has 3 aromatic heterocycles. The van der Waals surface area contributed by atoms with E-state index in [0.29, 0.717) is 30.4 Å². The average molecular weight is 382 g/mol. The molecule has 0 radical (unpaired) electrons. The van der Waals surface area contributed by atoms with E-state index in [0.717, 1.165) is 21.5 Å². The molecule has 2 N–H and O–H groups in total. The van der Waals surface area contributed by atoms with Gasteiger partial charge in [-0.05, 0) is 17.7 Å². The second kappa shape index (κ2) is 7.50. The van der Waals surface area contributed by atoms with E-state index in [1.165, 1.54) is 23.5 Å². The minimum Gasteiger partial charge on any atom is -0.357 e. The Morgan fingerprint density at radius 1 is 1.15 bits per heavy atom. The second-order valence-corrected chi connectivity index (χ2v) is 6.76. The smallest absolute Gasteiger partial charge is 0.207 e. The summed E-state index contributed by atoms with van der Waals surface area (Å²) < 4.78 is 15.0. The standard InChI is InChI=1S/C18H15FN6OS/c19-13-3-1-12(2-4-13)16-9-22-18(27-16)24-17-7-15-14(8-21-17)23-10-25(15)6-5-20-11-26/h1-4,7-11H,5-6H2,(H,20,26)(H,21,22,24). The van der Waals surface area contributed by atoms with Crippen molar-refractivity contribution < 1.29 is 9.18 Å². The molecule has 0 aliphatic heterocycles. The number of nitrogens with zero attached hydrogens (tertiary/aromatic N) is 4. The van der Waals surface area contributed by atoms with Gasteiger partial charge in [-0.3, -0.25) is 4.79 Å². The molecule has 0 spiro atoms. The Balaban J connectivity index is 1.54. The van der Waals surface area contributed by atoms with Crippen molar-refractivity contribution in [3.63, 3.8) is 0 Å². The van der Waals surface area contributed by atoms with Gasteiger partial charge >= 0.3 is 0 Å². The summed E-state index contributed by atoms with van der Waals surface area (Å²) in [6, 6.07) is 8.20. The van der Waals surface area contributed by atoms with Gasteiger partial charge in [-0.15, -0.1) is 0 Å². The Kier molecular flexibility index (Phi) is 4.75. The Labute approximate surface area is 157 Å². The third-order valence-electron chi connectivity index (χ3n) is 3.96. The molecule has 1 amide bonds. The fourth-order valence-corrected chi connectivity index (χ4v) is 3.47. The molecule has 0 aliphatic carbocycles. The number of halogens is 1. The molecule has 0 atom stereocenters. The van der Waals surface area contributed by atoms with E-state index >= 15 is 0 Å². The molecule has 7 nitrogen and oxygen atoms in total. The number of thiazole rings is 1. The number of benzene rings is 1. The summed E-state index contributed by atoms with van der Waals surface area (Å²) in [5.74, 6) is 0.381. The number of amides is 1. The molecule has 0 saturated heterocycles. The zero-order valence-electron chi connectivity index (χ0n) is 14.1. The van der Waals surface area contributed by atoms with Gasteiger partial charge in [0.15, 0.2) is 5.13 Å². The Morgan fingerprint density at radius 2 is 2.00 bits per heavy atom. The van der Waals surface area contributed by atoms with E-state index in [-0.39, 0.29) is 5.82 Å². The summed E-state index contributed by atoms with van der Waals surface area (Å²) in [5, 5.41) is 6.52. The van der Waals surface area contributed by atoms with Gasteiger partial charge in [0.1, 0.15) is 17.2 Å². The highest BCUT2D eigenvalue weighted by Crippen LogP contribution is 2.30. The first-order valence-electron chi connectivity index (χ1n) is 8.19. The monoisotopic (exact) mass is 382 g/mol. The maximum absolute atomic E-state index is 13.1. The van der Waals surface area contributed by atoms with Crippen LogP contribution < -0.4 is 10.6 Å². The first-order valence-corrected chi connectivity index (χ1v) is 9.01. The van der Waals surface area contributed by atoms with E-state index in [1.54, 1.807) is 30.9 Å². The summed E-state index contributed by atoms with van der Waals surface area (Å²) in [6.45, 7) is 1.14. The number of imidazole rings is 1. The minimum atomic E-state index is -0.265. The lowest BCUT2D eigenvalue weighted by atomic mass is 10.2. The van der Waals surface area contributed by atoms with Crippen LogP contribution in [0.3, 0.4) is 0 Å². The zero-order valence-corrected chi connectivity index (χ0v) is 14.9. The summed E-state index contributed by atoms with van der Waals surface area (Å²) in [6.07, 6.45) is 5.83. The Morgan fingerprint density at radius 3 is 2.81 bits per heavy atom. The Bertz CT molecular complexity index is 1080. The number of carbonyl (C=O) groups is 1. The highest BCUT2D eigenvalue weighted by Gasteiger charge is 2.08. The summed E-state index contributed by atoms with van der Waals surface area (Å²) in [5.41, 5.74) is 2.60. The van der Waals surface area contributed by atoms with Gasteiger partial charge in [-0.1, -0.05) is 23.5 Å². The molecule has 1 aromatic carbocycles. The van der Waals surface area contributed by atoms with Crippen LogP contribution in [0.25, 0.3) is 21.5 Å². The molecule has 0 unspecified atom stereocenters. The second-order valence-electron chi connectivity index (χ2n) is 5.73. The Hall–Kier alpha value is -3.33. The van der Waals surface area contributed by atoms with Crippen LogP contribution in [0.5, 0.6) is 0 Å². The first kappa shape index (κ1) is 17.1. The van der Waals surface area contributed by atoms with Gasteiger partial charge in [0.05, 0.1) is 22.9 Å². The molecule has 9 heteroatoms. The van der Waals surface area contributed by atoms with Crippen LogP contribution in [0.15, 0.2) is 49.1 Å². The highest BCUT2D eigenvalue weighted by atomic mass is 32.1. The number of hydrogen-bond acceptors (Lipinski definition) is 6. The molecule has 4 rings (SSSR count). The van der Waals surface area contributed by atoms with E-state index in [4.69, 9.17) is 0 Å². The van der Waals surface area contributed by atoms with Gasteiger partial charge in [0.25, 0.3) is 0 Å². The van der Waals surface area contributed by atoms with Gasteiger partial charge < -0.3 is 15.2 Å². The molecule has 0 saturated carbocycles. The van der Waals surface area contributed by atoms with Crippen LogP contribution in [0.4, 0.5) is 15.3 Å². The molecule has 136 valence electrons. The number of carbonyl (C=O) groups excluding carboxylic acids is 1. The number of hydrogen-bond donors (Lipinski definition) is 2. The molecule has 27 heavy (non-hydrogen) atoms. The van der Waals surface area contributed by atoms with E-state index < -0.39 is 0 Å². The van der Waals surface area contributed by atoms with E-state index in [2.05, 4.69) is 25.6 Å². The molecule has 0 aliphatic rings. The molecule has 0 fully saturated rings. The maximum atomic E-state index is 13.1. The lowest BCUT2D eigenvalue weighted by Crippen LogP contribution is -2.17. The van der Waals surface area contributed by atoms with Crippen LogP contribution in [0.2, 0.25) is 0 Å². The van der Waals surface area contributed by atoms with Gasteiger partial charge in [0.2, 0.25) is 6.41 Å². The molecular weight excluding hydrogens is 367 g/mol. The molecule has 4 aromatic rings. The van der Waals surface area contributed by atoms with Crippen LogP contribution in [-0.2, 0) is 11.3 Å². The third-order valence-corrected chi connectivity index (χ3v) is 4.92. The fourth-order valence-electron chi connectivity index (χ4n) is 2.64. The van der Waals surface area contributed by atoms with Gasteiger partial charge in [-0.2, -0.15) is 0 Å². The van der Waals surface area contributed by atoms with Crippen LogP contribution in [0, 0.1) is 5.82 Å². The predicted molar refractivity (Wildman–Crippen MR) is 102 cm³/mol. The van der Waals surface area contributed by atoms with Crippen molar-refractivity contribution >= 4 is 39.7 Å². The largest absolute Gasteiger partial charge is 0.357 e.